The highest BCUT2D eigenvalue weighted by atomic mass is 35.5. The number of ether oxygens (including phenoxy) is 3. The van der Waals surface area contributed by atoms with Crippen molar-refractivity contribution in [1.82, 2.24) is 9.97 Å². The molecule has 1 aromatic heterocycles. The molecular weight excluding hydrogens is 256 g/mol. The van der Waals surface area contributed by atoms with Crippen molar-refractivity contribution in [2.24, 2.45) is 0 Å². The second-order valence-electron chi connectivity index (χ2n) is 3.76. The second kappa shape index (κ2) is 9.22. The summed E-state index contributed by atoms with van der Waals surface area (Å²) in [5.41, 5.74) is 0.837. The first-order valence-electron chi connectivity index (χ1n) is 5.87. The lowest BCUT2D eigenvalue weighted by Crippen LogP contribution is -2.08. The summed E-state index contributed by atoms with van der Waals surface area (Å²) in [4.78, 5) is 8.28. The molecule has 0 aromatic carbocycles. The van der Waals surface area contributed by atoms with E-state index in [0.29, 0.717) is 37.4 Å². The third-order valence-corrected chi connectivity index (χ3v) is 2.30. The molecule has 0 saturated heterocycles. The second-order valence-corrected chi connectivity index (χ2v) is 4.15. The fraction of sp³-hybridized carbons (Fsp3) is 0.667. The molecule has 1 aromatic rings. The Morgan fingerprint density at radius 1 is 1.11 bits per heavy atom. The van der Waals surface area contributed by atoms with Crippen LogP contribution in [0.1, 0.15) is 17.9 Å². The lowest BCUT2D eigenvalue weighted by atomic mass is 10.4. The minimum atomic E-state index is 0.350. The maximum Gasteiger partial charge on any atom is 0.155 e. The summed E-state index contributed by atoms with van der Waals surface area (Å²) in [6, 6.07) is 1.71. The van der Waals surface area contributed by atoms with E-state index in [1.807, 2.05) is 6.92 Å². The number of aryl methyl sites for hydroxylation is 1. The molecule has 0 N–H and O–H groups in total. The zero-order valence-electron chi connectivity index (χ0n) is 10.8. The van der Waals surface area contributed by atoms with Gasteiger partial charge in [-0.3, -0.25) is 0 Å². The van der Waals surface area contributed by atoms with Crippen LogP contribution in [0.2, 0.25) is 5.15 Å². The fourth-order valence-electron chi connectivity index (χ4n) is 1.34. The van der Waals surface area contributed by atoms with Crippen LogP contribution in [-0.2, 0) is 20.8 Å². The monoisotopic (exact) mass is 274 g/mol. The number of nitrogens with zero attached hydrogens (tertiary/aromatic N) is 2. The predicted octanol–water partition coefficient (Wildman–Crippen LogP) is 2.01. The van der Waals surface area contributed by atoms with Gasteiger partial charge in [-0.2, -0.15) is 0 Å². The van der Waals surface area contributed by atoms with Crippen molar-refractivity contribution in [2.75, 3.05) is 33.5 Å². The molecule has 1 heterocycles. The SMILES string of the molecule is COCCCOCCOCc1nc(C)cc(Cl)n1. The van der Waals surface area contributed by atoms with Gasteiger partial charge in [0.2, 0.25) is 0 Å². The van der Waals surface area contributed by atoms with Crippen molar-refractivity contribution >= 4 is 11.6 Å². The molecule has 0 aliphatic carbocycles. The number of aromatic nitrogens is 2. The largest absolute Gasteiger partial charge is 0.385 e. The highest BCUT2D eigenvalue weighted by Crippen LogP contribution is 2.06. The van der Waals surface area contributed by atoms with E-state index in [0.717, 1.165) is 18.7 Å². The van der Waals surface area contributed by atoms with Gasteiger partial charge in [-0.05, 0) is 19.4 Å². The van der Waals surface area contributed by atoms with Crippen LogP contribution in [0, 0.1) is 6.92 Å². The Morgan fingerprint density at radius 2 is 1.89 bits per heavy atom. The summed E-state index contributed by atoms with van der Waals surface area (Å²) in [6.07, 6.45) is 0.896. The van der Waals surface area contributed by atoms with Crippen molar-refractivity contribution in [2.45, 2.75) is 20.0 Å². The molecule has 0 amide bonds. The van der Waals surface area contributed by atoms with Crippen LogP contribution in [0.25, 0.3) is 0 Å². The molecule has 6 heteroatoms. The van der Waals surface area contributed by atoms with E-state index in [1.54, 1.807) is 13.2 Å². The molecule has 0 fully saturated rings. The summed E-state index contributed by atoms with van der Waals surface area (Å²) >= 11 is 5.82. The molecule has 18 heavy (non-hydrogen) atoms. The van der Waals surface area contributed by atoms with E-state index in [1.165, 1.54) is 0 Å². The quantitative estimate of drug-likeness (QED) is 0.509. The Morgan fingerprint density at radius 3 is 2.61 bits per heavy atom. The van der Waals surface area contributed by atoms with Crippen molar-refractivity contribution in [3.8, 4) is 0 Å². The first-order chi connectivity index (χ1) is 8.72. The minimum Gasteiger partial charge on any atom is -0.385 e. The van der Waals surface area contributed by atoms with E-state index < -0.39 is 0 Å². The molecule has 0 aliphatic heterocycles. The number of hydrogen-bond donors (Lipinski definition) is 0. The van der Waals surface area contributed by atoms with Gasteiger partial charge in [0.1, 0.15) is 11.8 Å². The summed E-state index contributed by atoms with van der Waals surface area (Å²) in [7, 11) is 1.68. The Bertz CT molecular complexity index is 330. The van der Waals surface area contributed by atoms with Crippen LogP contribution in [0.4, 0.5) is 0 Å². The molecule has 0 saturated carbocycles. The van der Waals surface area contributed by atoms with Gasteiger partial charge in [0.05, 0.1) is 13.2 Å². The topological polar surface area (TPSA) is 53.5 Å². The zero-order chi connectivity index (χ0) is 13.2. The predicted molar refractivity (Wildman–Crippen MR) is 68.7 cm³/mol. The van der Waals surface area contributed by atoms with Crippen LogP contribution in [0.15, 0.2) is 6.07 Å². The molecule has 0 radical (unpaired) electrons. The molecule has 0 unspecified atom stereocenters. The average Bonchev–Trinajstić information content (AvgIpc) is 2.31. The van der Waals surface area contributed by atoms with Crippen LogP contribution in [0.3, 0.4) is 0 Å². The van der Waals surface area contributed by atoms with Gasteiger partial charge in [0.25, 0.3) is 0 Å². The molecular formula is C12H19ClN2O3. The van der Waals surface area contributed by atoms with Gasteiger partial charge in [-0.1, -0.05) is 11.6 Å². The number of halogens is 1. The third-order valence-electron chi connectivity index (χ3n) is 2.11. The maximum absolute atomic E-state index is 5.82. The standard InChI is InChI=1S/C12H19ClN2O3/c1-10-8-11(13)15-12(14-10)9-18-7-6-17-5-3-4-16-2/h8H,3-7,9H2,1-2H3. The van der Waals surface area contributed by atoms with E-state index in [9.17, 15) is 0 Å². The molecule has 0 atom stereocenters. The first kappa shape index (κ1) is 15.3. The lowest BCUT2D eigenvalue weighted by Gasteiger charge is -2.05. The van der Waals surface area contributed by atoms with E-state index >= 15 is 0 Å². The Kier molecular flexibility index (Phi) is 7.84. The normalized spacial score (nSPS) is 10.8. The molecule has 5 nitrogen and oxygen atoms in total. The number of hydrogen-bond acceptors (Lipinski definition) is 5. The molecule has 102 valence electrons. The Balaban J connectivity index is 2.07. The minimum absolute atomic E-state index is 0.350. The molecule has 1 rings (SSSR count). The smallest absolute Gasteiger partial charge is 0.155 e. The average molecular weight is 275 g/mol. The summed E-state index contributed by atoms with van der Waals surface area (Å²) < 4.78 is 15.7. The van der Waals surface area contributed by atoms with Gasteiger partial charge < -0.3 is 14.2 Å². The molecule has 0 bridgehead atoms. The zero-order valence-corrected chi connectivity index (χ0v) is 11.6. The fourth-order valence-corrected chi connectivity index (χ4v) is 1.60. The number of rotatable bonds is 9. The van der Waals surface area contributed by atoms with Crippen molar-refractivity contribution in [1.29, 1.82) is 0 Å². The maximum atomic E-state index is 5.82. The third kappa shape index (κ3) is 6.86. The molecule has 0 aliphatic rings. The highest BCUT2D eigenvalue weighted by molar-refractivity contribution is 6.29. The summed E-state index contributed by atoms with van der Waals surface area (Å²) in [5, 5.41) is 0.442. The van der Waals surface area contributed by atoms with Gasteiger partial charge in [-0.25, -0.2) is 9.97 Å². The first-order valence-corrected chi connectivity index (χ1v) is 6.24. The van der Waals surface area contributed by atoms with Gasteiger partial charge in [-0.15, -0.1) is 0 Å². The van der Waals surface area contributed by atoms with Crippen molar-refractivity contribution < 1.29 is 14.2 Å². The van der Waals surface area contributed by atoms with Crippen LogP contribution in [0.5, 0.6) is 0 Å². The van der Waals surface area contributed by atoms with E-state index in [-0.39, 0.29) is 0 Å². The summed E-state index contributed by atoms with van der Waals surface area (Å²) in [6.45, 7) is 4.70. The van der Waals surface area contributed by atoms with Crippen LogP contribution < -0.4 is 0 Å². The number of methoxy groups -OCH3 is 1. The highest BCUT2D eigenvalue weighted by Gasteiger charge is 2.00. The lowest BCUT2D eigenvalue weighted by molar-refractivity contribution is 0.0317. The van der Waals surface area contributed by atoms with E-state index in [2.05, 4.69) is 9.97 Å². The van der Waals surface area contributed by atoms with Crippen LogP contribution in [-0.4, -0.2) is 43.5 Å². The van der Waals surface area contributed by atoms with Crippen LogP contribution >= 0.6 is 11.6 Å². The van der Waals surface area contributed by atoms with Gasteiger partial charge >= 0.3 is 0 Å². The summed E-state index contributed by atoms with van der Waals surface area (Å²) in [5.74, 6) is 0.597. The Hall–Kier alpha value is -0.750. The van der Waals surface area contributed by atoms with Gasteiger partial charge in [0, 0.05) is 26.0 Å². The molecule has 0 spiro atoms. The van der Waals surface area contributed by atoms with Gasteiger partial charge in [0.15, 0.2) is 5.82 Å². The van der Waals surface area contributed by atoms with Crippen molar-refractivity contribution in [3.05, 3.63) is 22.7 Å². The van der Waals surface area contributed by atoms with Crippen molar-refractivity contribution in [3.63, 3.8) is 0 Å². The Labute approximate surface area is 112 Å². The van der Waals surface area contributed by atoms with E-state index in [4.69, 9.17) is 25.8 Å².